The maximum Gasteiger partial charge on any atom is 0.232 e. The van der Waals surface area contributed by atoms with E-state index >= 15 is 0 Å². The van der Waals surface area contributed by atoms with Crippen LogP contribution < -0.4 is 15.0 Å². The standard InChI is InChI=1S/C22H31N3O3/c1-28-20-10-6-5-9-19(20)24-13-15-25(16-14-24)22(27)17-21(26)23-12-11-18-7-3-2-4-8-18/h5-7,9-10H,2-4,8,11-17H2,1H3,(H,23,26). The molecule has 0 radical (unpaired) electrons. The van der Waals surface area contributed by atoms with Crippen LogP contribution in [-0.4, -0.2) is 56.5 Å². The summed E-state index contributed by atoms with van der Waals surface area (Å²) in [6, 6.07) is 7.92. The van der Waals surface area contributed by atoms with E-state index in [1.165, 1.54) is 18.4 Å². The molecular formula is C22H31N3O3. The Bertz CT molecular complexity index is 709. The lowest BCUT2D eigenvalue weighted by atomic mass is 9.97. The van der Waals surface area contributed by atoms with Gasteiger partial charge >= 0.3 is 0 Å². The lowest BCUT2D eigenvalue weighted by Crippen LogP contribution is -2.49. The van der Waals surface area contributed by atoms with E-state index in [4.69, 9.17) is 4.74 Å². The second kappa shape index (κ2) is 10.2. The van der Waals surface area contributed by atoms with Crippen LogP contribution in [0.3, 0.4) is 0 Å². The smallest absolute Gasteiger partial charge is 0.232 e. The van der Waals surface area contributed by atoms with E-state index in [0.717, 1.165) is 43.8 Å². The zero-order valence-electron chi connectivity index (χ0n) is 16.8. The molecule has 28 heavy (non-hydrogen) atoms. The molecule has 2 aliphatic rings. The van der Waals surface area contributed by atoms with E-state index in [1.54, 1.807) is 12.0 Å². The van der Waals surface area contributed by atoms with Crippen LogP contribution in [-0.2, 0) is 9.59 Å². The van der Waals surface area contributed by atoms with Gasteiger partial charge in [0.1, 0.15) is 12.2 Å². The van der Waals surface area contributed by atoms with E-state index in [1.807, 2.05) is 24.3 Å². The first-order chi connectivity index (χ1) is 13.7. The number of hydrogen-bond acceptors (Lipinski definition) is 4. The van der Waals surface area contributed by atoms with Gasteiger partial charge in [-0.25, -0.2) is 0 Å². The number of ether oxygens (including phenoxy) is 1. The zero-order chi connectivity index (χ0) is 19.8. The molecule has 0 aromatic heterocycles. The predicted octanol–water partition coefficient (Wildman–Crippen LogP) is 2.74. The van der Waals surface area contributed by atoms with E-state index in [2.05, 4.69) is 16.3 Å². The third-order valence-corrected chi connectivity index (χ3v) is 5.52. The summed E-state index contributed by atoms with van der Waals surface area (Å²) in [5.74, 6) is 0.581. The number of hydrogen-bond donors (Lipinski definition) is 1. The van der Waals surface area contributed by atoms with Gasteiger partial charge in [0, 0.05) is 32.7 Å². The van der Waals surface area contributed by atoms with Crippen molar-refractivity contribution in [2.24, 2.45) is 0 Å². The first-order valence-electron chi connectivity index (χ1n) is 10.3. The molecule has 6 heteroatoms. The molecule has 0 atom stereocenters. The molecule has 1 saturated heterocycles. The summed E-state index contributed by atoms with van der Waals surface area (Å²) in [4.78, 5) is 28.6. The Hall–Kier alpha value is -2.50. The molecule has 152 valence electrons. The summed E-state index contributed by atoms with van der Waals surface area (Å²) in [7, 11) is 1.67. The number of methoxy groups -OCH3 is 1. The fourth-order valence-corrected chi connectivity index (χ4v) is 3.89. The molecule has 1 aliphatic carbocycles. The van der Waals surface area contributed by atoms with Crippen molar-refractivity contribution >= 4 is 17.5 Å². The first-order valence-corrected chi connectivity index (χ1v) is 10.3. The number of amides is 2. The van der Waals surface area contributed by atoms with Gasteiger partial charge in [0.2, 0.25) is 11.8 Å². The van der Waals surface area contributed by atoms with E-state index < -0.39 is 0 Å². The molecule has 1 heterocycles. The van der Waals surface area contributed by atoms with Crippen molar-refractivity contribution in [3.05, 3.63) is 35.9 Å². The summed E-state index contributed by atoms with van der Waals surface area (Å²) in [6.45, 7) is 3.34. The average molecular weight is 386 g/mol. The van der Waals surface area contributed by atoms with Crippen LogP contribution in [0.15, 0.2) is 35.9 Å². The van der Waals surface area contributed by atoms with Crippen LogP contribution in [0, 0.1) is 0 Å². The number of benzene rings is 1. The van der Waals surface area contributed by atoms with E-state index in [9.17, 15) is 9.59 Å². The number of carbonyl (C=O) groups excluding carboxylic acids is 2. The summed E-state index contributed by atoms with van der Waals surface area (Å²) >= 11 is 0. The third kappa shape index (κ3) is 5.50. The lowest BCUT2D eigenvalue weighted by Gasteiger charge is -2.36. The fourth-order valence-electron chi connectivity index (χ4n) is 3.89. The molecule has 6 nitrogen and oxygen atoms in total. The summed E-state index contributed by atoms with van der Waals surface area (Å²) in [5.41, 5.74) is 2.48. The number of nitrogens with one attached hydrogen (secondary N) is 1. The molecule has 1 fully saturated rings. The summed E-state index contributed by atoms with van der Waals surface area (Å²) in [5, 5.41) is 2.90. The highest BCUT2D eigenvalue weighted by Crippen LogP contribution is 2.28. The largest absolute Gasteiger partial charge is 0.495 e. The molecule has 1 aromatic rings. The van der Waals surface area contributed by atoms with Gasteiger partial charge in [0.25, 0.3) is 0 Å². The normalized spacial score (nSPS) is 17.1. The van der Waals surface area contributed by atoms with E-state index in [-0.39, 0.29) is 18.2 Å². The van der Waals surface area contributed by atoms with Crippen molar-refractivity contribution in [3.8, 4) is 5.75 Å². The molecule has 0 spiro atoms. The van der Waals surface area contributed by atoms with Crippen molar-refractivity contribution in [3.63, 3.8) is 0 Å². The summed E-state index contributed by atoms with van der Waals surface area (Å²) < 4.78 is 5.43. The Kier molecular flexibility index (Phi) is 7.34. The quantitative estimate of drug-likeness (QED) is 0.579. The van der Waals surface area contributed by atoms with Gasteiger partial charge in [0.15, 0.2) is 0 Å². The maximum absolute atomic E-state index is 12.5. The number of nitrogens with zero attached hydrogens (tertiary/aromatic N) is 2. The van der Waals surface area contributed by atoms with Crippen molar-refractivity contribution in [1.29, 1.82) is 0 Å². The van der Waals surface area contributed by atoms with Gasteiger partial charge in [-0.3, -0.25) is 9.59 Å². The number of anilines is 1. The molecule has 0 bridgehead atoms. The molecule has 1 N–H and O–H groups in total. The fraction of sp³-hybridized carbons (Fsp3) is 0.545. The van der Waals surface area contributed by atoms with Gasteiger partial charge in [-0.2, -0.15) is 0 Å². The Morgan fingerprint density at radius 3 is 2.61 bits per heavy atom. The van der Waals surface area contributed by atoms with Gasteiger partial charge in [0.05, 0.1) is 12.8 Å². The van der Waals surface area contributed by atoms with Crippen molar-refractivity contribution < 1.29 is 14.3 Å². The van der Waals surface area contributed by atoms with Crippen LogP contribution in [0.1, 0.15) is 38.5 Å². The SMILES string of the molecule is COc1ccccc1N1CCN(C(=O)CC(=O)NCCC2=CCCCC2)CC1. The van der Waals surface area contributed by atoms with Gasteiger partial charge in [-0.15, -0.1) is 0 Å². The highest BCUT2D eigenvalue weighted by molar-refractivity contribution is 5.97. The van der Waals surface area contributed by atoms with Crippen LogP contribution in [0.25, 0.3) is 0 Å². The number of carbonyl (C=O) groups is 2. The third-order valence-electron chi connectivity index (χ3n) is 5.52. The predicted molar refractivity (Wildman–Crippen MR) is 111 cm³/mol. The Morgan fingerprint density at radius 1 is 1.11 bits per heavy atom. The van der Waals surface area contributed by atoms with Crippen LogP contribution in [0.2, 0.25) is 0 Å². The number of piperazine rings is 1. The second-order valence-corrected chi connectivity index (χ2v) is 7.42. The highest BCUT2D eigenvalue weighted by atomic mass is 16.5. The number of allylic oxidation sites excluding steroid dienone is 1. The lowest BCUT2D eigenvalue weighted by molar-refractivity contribution is -0.136. The molecular weight excluding hydrogens is 354 g/mol. The van der Waals surface area contributed by atoms with Gasteiger partial charge < -0.3 is 19.9 Å². The number of para-hydroxylation sites is 2. The van der Waals surface area contributed by atoms with Crippen LogP contribution >= 0.6 is 0 Å². The minimum atomic E-state index is -0.173. The number of rotatable bonds is 7. The van der Waals surface area contributed by atoms with Crippen molar-refractivity contribution in [2.75, 3.05) is 44.7 Å². The van der Waals surface area contributed by atoms with Crippen molar-refractivity contribution in [1.82, 2.24) is 10.2 Å². The van der Waals surface area contributed by atoms with E-state index in [0.29, 0.717) is 19.6 Å². The van der Waals surface area contributed by atoms with Crippen LogP contribution in [0.4, 0.5) is 5.69 Å². The second-order valence-electron chi connectivity index (χ2n) is 7.42. The highest BCUT2D eigenvalue weighted by Gasteiger charge is 2.24. The molecule has 2 amide bonds. The Balaban J connectivity index is 1.39. The Labute approximate surface area is 167 Å². The van der Waals surface area contributed by atoms with Crippen molar-refractivity contribution in [2.45, 2.75) is 38.5 Å². The first kappa shape index (κ1) is 20.2. The molecule has 0 unspecified atom stereocenters. The Morgan fingerprint density at radius 2 is 1.89 bits per heavy atom. The van der Waals surface area contributed by atoms with Crippen LogP contribution in [0.5, 0.6) is 5.75 Å². The molecule has 3 rings (SSSR count). The summed E-state index contributed by atoms with van der Waals surface area (Å²) in [6.07, 6.45) is 7.95. The molecule has 1 aromatic carbocycles. The zero-order valence-corrected chi connectivity index (χ0v) is 16.8. The average Bonchev–Trinajstić information content (AvgIpc) is 2.74. The topological polar surface area (TPSA) is 61.9 Å². The molecule has 1 aliphatic heterocycles. The maximum atomic E-state index is 12.5. The van der Waals surface area contributed by atoms with Gasteiger partial charge in [-0.05, 0) is 44.2 Å². The minimum Gasteiger partial charge on any atom is -0.495 e. The van der Waals surface area contributed by atoms with Gasteiger partial charge in [-0.1, -0.05) is 23.8 Å². The monoisotopic (exact) mass is 385 g/mol. The molecule has 0 saturated carbocycles. The minimum absolute atomic E-state index is 0.0618.